The number of nitrogens with one attached hydrogen (secondary N) is 2. The fourth-order valence-corrected chi connectivity index (χ4v) is 3.37. The fourth-order valence-electron chi connectivity index (χ4n) is 3.37. The van der Waals surface area contributed by atoms with E-state index in [1.807, 2.05) is 13.8 Å². The molecule has 2 N–H and O–H groups in total. The van der Waals surface area contributed by atoms with Gasteiger partial charge in [-0.2, -0.15) is 0 Å². The van der Waals surface area contributed by atoms with Crippen molar-refractivity contribution >= 4 is 5.96 Å². The average molecular weight is 320 g/mol. The highest BCUT2D eigenvalue weighted by atomic mass is 16.5. The third-order valence-corrected chi connectivity index (χ3v) is 4.92. The van der Waals surface area contributed by atoms with Crippen LogP contribution in [0.15, 0.2) is 9.52 Å². The van der Waals surface area contributed by atoms with Crippen molar-refractivity contribution in [3.05, 3.63) is 17.0 Å². The van der Waals surface area contributed by atoms with Crippen LogP contribution in [0.3, 0.4) is 0 Å². The fraction of sp³-hybridized carbons (Fsp3) is 0.778. The first-order chi connectivity index (χ1) is 11.1. The lowest BCUT2D eigenvalue weighted by atomic mass is 9.84. The van der Waals surface area contributed by atoms with Crippen molar-refractivity contribution in [1.29, 1.82) is 0 Å². The second-order valence-corrected chi connectivity index (χ2v) is 6.58. The standard InChI is InChI=1S/C18H32N4O/c1-5-15-7-9-16(10-8-15)21-18(19-6-2)20-12-11-17-13(3)22-23-14(17)4/h15-16H,5-12H2,1-4H3,(H2,19,20,21). The molecule has 1 saturated carbocycles. The van der Waals surface area contributed by atoms with Crippen molar-refractivity contribution < 1.29 is 4.52 Å². The summed E-state index contributed by atoms with van der Waals surface area (Å²) in [5.74, 6) is 2.78. The van der Waals surface area contributed by atoms with E-state index in [9.17, 15) is 0 Å². The van der Waals surface area contributed by atoms with E-state index in [0.29, 0.717) is 6.04 Å². The number of nitrogens with zero attached hydrogens (tertiary/aromatic N) is 2. The van der Waals surface area contributed by atoms with E-state index in [1.54, 1.807) is 0 Å². The van der Waals surface area contributed by atoms with Crippen LogP contribution in [-0.4, -0.2) is 30.2 Å². The summed E-state index contributed by atoms with van der Waals surface area (Å²) < 4.78 is 5.21. The molecule has 5 heteroatoms. The molecule has 130 valence electrons. The molecular weight excluding hydrogens is 288 g/mol. The highest BCUT2D eigenvalue weighted by molar-refractivity contribution is 5.80. The Morgan fingerprint density at radius 3 is 2.52 bits per heavy atom. The zero-order chi connectivity index (χ0) is 16.7. The minimum absolute atomic E-state index is 0.565. The van der Waals surface area contributed by atoms with Crippen LogP contribution in [0.2, 0.25) is 0 Å². The molecule has 1 aromatic rings. The molecule has 23 heavy (non-hydrogen) atoms. The van der Waals surface area contributed by atoms with Gasteiger partial charge in [0.1, 0.15) is 5.76 Å². The average Bonchev–Trinajstić information content (AvgIpc) is 2.87. The van der Waals surface area contributed by atoms with E-state index in [2.05, 4.69) is 29.6 Å². The van der Waals surface area contributed by atoms with Gasteiger partial charge in [-0.25, -0.2) is 0 Å². The maximum Gasteiger partial charge on any atom is 0.191 e. The Kier molecular flexibility index (Phi) is 6.93. The maximum absolute atomic E-state index is 5.21. The molecular formula is C18H32N4O. The third kappa shape index (κ3) is 5.26. The molecule has 1 aliphatic rings. The molecule has 0 amide bonds. The molecule has 0 aliphatic heterocycles. The molecule has 0 unspecified atom stereocenters. The number of guanidine groups is 1. The summed E-state index contributed by atoms with van der Waals surface area (Å²) in [5, 5.41) is 11.0. The Bertz CT molecular complexity index is 482. The number of hydrogen-bond donors (Lipinski definition) is 2. The van der Waals surface area contributed by atoms with Gasteiger partial charge in [-0.3, -0.25) is 4.99 Å². The molecule has 1 aromatic heterocycles. The summed E-state index contributed by atoms with van der Waals surface area (Å²) in [6.45, 7) is 10.0. The molecule has 1 fully saturated rings. The highest BCUT2D eigenvalue weighted by Gasteiger charge is 2.20. The summed E-state index contributed by atoms with van der Waals surface area (Å²) in [6.07, 6.45) is 7.39. The summed E-state index contributed by atoms with van der Waals surface area (Å²) in [7, 11) is 0. The SMILES string of the molecule is CCNC(=NCCc1c(C)noc1C)NC1CCC(CC)CC1. The second kappa shape index (κ2) is 8.94. The highest BCUT2D eigenvalue weighted by Crippen LogP contribution is 2.26. The largest absolute Gasteiger partial charge is 0.361 e. The lowest BCUT2D eigenvalue weighted by Gasteiger charge is -2.29. The van der Waals surface area contributed by atoms with Gasteiger partial charge in [-0.1, -0.05) is 18.5 Å². The zero-order valence-corrected chi connectivity index (χ0v) is 15.1. The van der Waals surface area contributed by atoms with Crippen LogP contribution in [0.5, 0.6) is 0 Å². The predicted molar refractivity (Wildman–Crippen MR) is 94.8 cm³/mol. The van der Waals surface area contributed by atoms with E-state index in [-0.39, 0.29) is 0 Å². The van der Waals surface area contributed by atoms with Gasteiger partial charge in [0.25, 0.3) is 0 Å². The second-order valence-electron chi connectivity index (χ2n) is 6.58. The van der Waals surface area contributed by atoms with Crippen LogP contribution < -0.4 is 10.6 Å². The lowest BCUT2D eigenvalue weighted by Crippen LogP contribution is -2.45. The van der Waals surface area contributed by atoms with Crippen molar-refractivity contribution in [2.24, 2.45) is 10.9 Å². The van der Waals surface area contributed by atoms with Gasteiger partial charge >= 0.3 is 0 Å². The van der Waals surface area contributed by atoms with Gasteiger partial charge < -0.3 is 15.2 Å². The minimum Gasteiger partial charge on any atom is -0.361 e. The molecule has 0 spiro atoms. The smallest absolute Gasteiger partial charge is 0.191 e. The third-order valence-electron chi connectivity index (χ3n) is 4.92. The van der Waals surface area contributed by atoms with Crippen molar-refractivity contribution in [1.82, 2.24) is 15.8 Å². The Balaban J connectivity index is 1.85. The zero-order valence-electron chi connectivity index (χ0n) is 15.1. The number of aromatic nitrogens is 1. The first kappa shape index (κ1) is 17.8. The topological polar surface area (TPSA) is 62.5 Å². The van der Waals surface area contributed by atoms with E-state index < -0.39 is 0 Å². The van der Waals surface area contributed by atoms with Crippen molar-refractivity contribution in [3.63, 3.8) is 0 Å². The Morgan fingerprint density at radius 1 is 1.22 bits per heavy atom. The van der Waals surface area contributed by atoms with Crippen LogP contribution in [0.25, 0.3) is 0 Å². The molecule has 1 heterocycles. The molecule has 0 radical (unpaired) electrons. The summed E-state index contributed by atoms with van der Waals surface area (Å²) >= 11 is 0. The van der Waals surface area contributed by atoms with Crippen LogP contribution in [-0.2, 0) is 6.42 Å². The maximum atomic E-state index is 5.21. The molecule has 5 nitrogen and oxygen atoms in total. The minimum atomic E-state index is 0.565. The molecule has 0 saturated heterocycles. The van der Waals surface area contributed by atoms with Gasteiger partial charge in [0.2, 0.25) is 0 Å². The molecule has 1 aliphatic carbocycles. The molecule has 0 bridgehead atoms. The lowest BCUT2D eigenvalue weighted by molar-refractivity contribution is 0.304. The molecule has 0 atom stereocenters. The Hall–Kier alpha value is -1.52. The van der Waals surface area contributed by atoms with Crippen LogP contribution in [0.4, 0.5) is 0 Å². The van der Waals surface area contributed by atoms with Gasteiger partial charge in [0, 0.05) is 24.7 Å². The van der Waals surface area contributed by atoms with Gasteiger partial charge in [0.05, 0.1) is 5.69 Å². The monoisotopic (exact) mass is 320 g/mol. The quantitative estimate of drug-likeness (QED) is 0.623. The summed E-state index contributed by atoms with van der Waals surface area (Å²) in [4.78, 5) is 4.73. The normalized spacial score (nSPS) is 22.2. The summed E-state index contributed by atoms with van der Waals surface area (Å²) in [5.41, 5.74) is 2.17. The van der Waals surface area contributed by atoms with E-state index in [1.165, 1.54) is 37.7 Å². The van der Waals surface area contributed by atoms with Crippen molar-refractivity contribution in [2.75, 3.05) is 13.1 Å². The van der Waals surface area contributed by atoms with Gasteiger partial charge in [-0.15, -0.1) is 0 Å². The number of rotatable bonds is 6. The van der Waals surface area contributed by atoms with Crippen LogP contribution >= 0.6 is 0 Å². The van der Waals surface area contributed by atoms with Crippen LogP contribution in [0, 0.1) is 19.8 Å². The Morgan fingerprint density at radius 2 is 1.96 bits per heavy atom. The first-order valence-corrected chi connectivity index (χ1v) is 9.10. The summed E-state index contributed by atoms with van der Waals surface area (Å²) in [6, 6.07) is 0.565. The van der Waals surface area contributed by atoms with E-state index in [0.717, 1.165) is 42.8 Å². The molecule has 2 rings (SSSR count). The van der Waals surface area contributed by atoms with Gasteiger partial charge in [-0.05, 0) is 58.8 Å². The van der Waals surface area contributed by atoms with E-state index >= 15 is 0 Å². The molecule has 0 aromatic carbocycles. The van der Waals surface area contributed by atoms with Crippen molar-refractivity contribution in [3.8, 4) is 0 Å². The first-order valence-electron chi connectivity index (χ1n) is 9.10. The van der Waals surface area contributed by atoms with E-state index in [4.69, 9.17) is 9.52 Å². The number of hydrogen-bond acceptors (Lipinski definition) is 3. The van der Waals surface area contributed by atoms with Crippen molar-refractivity contribution in [2.45, 2.75) is 72.3 Å². The number of aliphatic imine (C=N–C) groups is 1. The number of aryl methyl sites for hydroxylation is 2. The van der Waals surface area contributed by atoms with Gasteiger partial charge in [0.15, 0.2) is 5.96 Å². The van der Waals surface area contributed by atoms with Crippen LogP contribution in [0.1, 0.15) is 63.0 Å². The Labute approximate surface area is 140 Å². The predicted octanol–water partition coefficient (Wildman–Crippen LogP) is 3.36.